The summed E-state index contributed by atoms with van der Waals surface area (Å²) in [7, 11) is 1.53. The number of carbonyl (C=O) groups is 2. The van der Waals surface area contributed by atoms with E-state index in [0.29, 0.717) is 17.9 Å². The van der Waals surface area contributed by atoms with Gasteiger partial charge in [-0.3, -0.25) is 0 Å². The summed E-state index contributed by atoms with van der Waals surface area (Å²) >= 11 is 0. The molecule has 3 aromatic rings. The van der Waals surface area contributed by atoms with Gasteiger partial charge in [0.05, 0.1) is 24.8 Å². The summed E-state index contributed by atoms with van der Waals surface area (Å²) < 4.78 is 7.56. The highest BCUT2D eigenvalue weighted by atomic mass is 16.5. The van der Waals surface area contributed by atoms with Crippen LogP contribution in [0.1, 0.15) is 50.4 Å². The van der Waals surface area contributed by atoms with Crippen LogP contribution in [0.5, 0.6) is 5.75 Å². The summed E-state index contributed by atoms with van der Waals surface area (Å²) in [6.45, 7) is 0.365. The molecule has 0 amide bonds. The summed E-state index contributed by atoms with van der Waals surface area (Å²) in [6, 6.07) is 10.2. The van der Waals surface area contributed by atoms with E-state index in [2.05, 4.69) is 4.57 Å². The van der Waals surface area contributed by atoms with Gasteiger partial charge in [-0.2, -0.15) is 0 Å². The molecule has 0 saturated heterocycles. The van der Waals surface area contributed by atoms with Gasteiger partial charge in [0.2, 0.25) is 0 Å². The molecule has 0 atom stereocenters. The van der Waals surface area contributed by atoms with E-state index >= 15 is 0 Å². The third-order valence-corrected chi connectivity index (χ3v) is 5.52. The van der Waals surface area contributed by atoms with E-state index in [1.165, 1.54) is 12.7 Å². The lowest BCUT2D eigenvalue weighted by Crippen LogP contribution is -2.13. The van der Waals surface area contributed by atoms with Crippen LogP contribution in [-0.2, 0) is 19.4 Å². The lowest BCUT2D eigenvalue weighted by atomic mass is 9.95. The first-order valence-electron chi connectivity index (χ1n) is 9.27. The smallest absolute Gasteiger partial charge is 0.336 e. The van der Waals surface area contributed by atoms with Crippen LogP contribution in [0.25, 0.3) is 10.9 Å². The molecule has 0 aliphatic heterocycles. The minimum atomic E-state index is -0.993. The van der Waals surface area contributed by atoms with Crippen molar-refractivity contribution >= 4 is 22.8 Å². The van der Waals surface area contributed by atoms with Crippen molar-refractivity contribution in [3.8, 4) is 5.75 Å². The van der Waals surface area contributed by atoms with Crippen LogP contribution in [0, 0.1) is 0 Å². The molecule has 1 aromatic heterocycles. The second-order valence-electron chi connectivity index (χ2n) is 7.05. The van der Waals surface area contributed by atoms with Gasteiger partial charge in [-0.25, -0.2) is 9.59 Å². The molecular formula is C22H21NO5. The van der Waals surface area contributed by atoms with Crippen LogP contribution < -0.4 is 4.74 Å². The SMILES string of the molecule is COc1cccc(C(=O)O)c1Cn1c2c(c3cc(C(=O)O)ccc31)CCCC2. The van der Waals surface area contributed by atoms with Crippen molar-refractivity contribution in [1.82, 2.24) is 4.57 Å². The second kappa shape index (κ2) is 7.03. The van der Waals surface area contributed by atoms with Crippen molar-refractivity contribution in [3.63, 3.8) is 0 Å². The number of fused-ring (bicyclic) bond motifs is 3. The summed E-state index contributed by atoms with van der Waals surface area (Å²) in [6.07, 6.45) is 3.93. The average Bonchev–Trinajstić information content (AvgIpc) is 3.01. The molecule has 0 spiro atoms. The quantitative estimate of drug-likeness (QED) is 0.700. The fourth-order valence-electron chi connectivity index (χ4n) is 4.23. The van der Waals surface area contributed by atoms with E-state index in [1.807, 2.05) is 6.07 Å². The molecule has 28 heavy (non-hydrogen) atoms. The van der Waals surface area contributed by atoms with E-state index in [9.17, 15) is 19.8 Å². The Hall–Kier alpha value is -3.28. The van der Waals surface area contributed by atoms with Gasteiger partial charge in [-0.15, -0.1) is 0 Å². The molecule has 6 nitrogen and oxygen atoms in total. The van der Waals surface area contributed by atoms with Gasteiger partial charge in [0.1, 0.15) is 5.75 Å². The van der Waals surface area contributed by atoms with Crippen LogP contribution in [0.3, 0.4) is 0 Å². The summed E-state index contributed by atoms with van der Waals surface area (Å²) in [5, 5.41) is 19.9. The molecule has 2 aromatic carbocycles. The predicted octanol–water partition coefficient (Wildman–Crippen LogP) is 3.97. The molecule has 0 fully saturated rings. The molecule has 0 bridgehead atoms. The number of nitrogens with zero attached hydrogens (tertiary/aromatic N) is 1. The topological polar surface area (TPSA) is 88.8 Å². The lowest BCUT2D eigenvalue weighted by molar-refractivity contribution is 0.0685. The molecule has 2 N–H and O–H groups in total. The van der Waals surface area contributed by atoms with Crippen molar-refractivity contribution in [1.29, 1.82) is 0 Å². The van der Waals surface area contributed by atoms with Gasteiger partial charge in [0.25, 0.3) is 0 Å². The maximum absolute atomic E-state index is 11.8. The number of ether oxygens (including phenoxy) is 1. The fraction of sp³-hybridized carbons (Fsp3) is 0.273. The van der Waals surface area contributed by atoms with Gasteiger partial charge >= 0.3 is 11.9 Å². The lowest BCUT2D eigenvalue weighted by Gasteiger charge is -2.18. The van der Waals surface area contributed by atoms with Crippen LogP contribution in [-0.4, -0.2) is 33.8 Å². The summed E-state index contributed by atoms with van der Waals surface area (Å²) in [5.41, 5.74) is 4.36. The number of methoxy groups -OCH3 is 1. The fourth-order valence-corrected chi connectivity index (χ4v) is 4.23. The predicted molar refractivity (Wildman–Crippen MR) is 105 cm³/mol. The first-order valence-corrected chi connectivity index (χ1v) is 9.27. The largest absolute Gasteiger partial charge is 0.496 e. The molecule has 144 valence electrons. The number of rotatable bonds is 5. The van der Waals surface area contributed by atoms with Crippen LogP contribution in [0.15, 0.2) is 36.4 Å². The standard InChI is InChI=1S/C22H21NO5/c1-28-20-8-4-6-15(22(26)27)17(20)12-23-18-7-3-2-5-14(18)16-11-13(21(24)25)9-10-19(16)23/h4,6,8-11H,2-3,5,7,12H2,1H3,(H,24,25)(H,26,27). The normalized spacial score (nSPS) is 13.3. The van der Waals surface area contributed by atoms with Crippen molar-refractivity contribution < 1.29 is 24.5 Å². The minimum absolute atomic E-state index is 0.216. The number of hydrogen-bond donors (Lipinski definition) is 2. The number of aromatic carboxylic acids is 2. The van der Waals surface area contributed by atoms with E-state index in [1.54, 1.807) is 30.3 Å². The molecular weight excluding hydrogens is 358 g/mol. The Labute approximate surface area is 162 Å². The molecule has 0 unspecified atom stereocenters. The Morgan fingerprint density at radius 1 is 1.07 bits per heavy atom. The molecule has 0 saturated carbocycles. The Kier molecular flexibility index (Phi) is 4.55. The van der Waals surface area contributed by atoms with Gasteiger partial charge in [-0.1, -0.05) is 6.07 Å². The highest BCUT2D eigenvalue weighted by Gasteiger charge is 2.23. The summed E-state index contributed by atoms with van der Waals surface area (Å²) in [4.78, 5) is 23.2. The minimum Gasteiger partial charge on any atom is -0.496 e. The number of benzene rings is 2. The first kappa shape index (κ1) is 18.1. The monoisotopic (exact) mass is 379 g/mol. The highest BCUT2D eigenvalue weighted by molar-refractivity contribution is 5.96. The van der Waals surface area contributed by atoms with Gasteiger partial charge in [-0.05, 0) is 61.6 Å². The molecule has 0 radical (unpaired) electrons. The molecule has 1 aliphatic rings. The number of aryl methyl sites for hydroxylation is 1. The Morgan fingerprint density at radius 2 is 1.86 bits per heavy atom. The number of aromatic nitrogens is 1. The Morgan fingerprint density at radius 3 is 2.57 bits per heavy atom. The van der Waals surface area contributed by atoms with Gasteiger partial charge in [0, 0.05) is 22.2 Å². The maximum Gasteiger partial charge on any atom is 0.336 e. The van der Waals surface area contributed by atoms with Gasteiger partial charge < -0.3 is 19.5 Å². The third-order valence-electron chi connectivity index (χ3n) is 5.52. The number of carboxylic acid groups (broad SMARTS) is 2. The Bertz CT molecular complexity index is 1100. The highest BCUT2D eigenvalue weighted by Crippen LogP contribution is 2.35. The number of carboxylic acids is 2. The Balaban J connectivity index is 1.93. The zero-order chi connectivity index (χ0) is 19.8. The van der Waals surface area contributed by atoms with Crippen molar-refractivity contribution in [2.24, 2.45) is 0 Å². The van der Waals surface area contributed by atoms with E-state index in [-0.39, 0.29) is 11.1 Å². The van der Waals surface area contributed by atoms with Crippen molar-refractivity contribution in [2.45, 2.75) is 32.2 Å². The van der Waals surface area contributed by atoms with Gasteiger partial charge in [0.15, 0.2) is 0 Å². The second-order valence-corrected chi connectivity index (χ2v) is 7.05. The van der Waals surface area contributed by atoms with E-state index in [4.69, 9.17) is 4.74 Å². The molecule has 1 aliphatic carbocycles. The third kappa shape index (κ3) is 2.91. The van der Waals surface area contributed by atoms with Crippen LogP contribution >= 0.6 is 0 Å². The maximum atomic E-state index is 11.8. The molecule has 1 heterocycles. The van der Waals surface area contributed by atoms with Crippen LogP contribution in [0.2, 0.25) is 0 Å². The molecule has 4 rings (SSSR count). The van der Waals surface area contributed by atoms with E-state index < -0.39 is 11.9 Å². The van der Waals surface area contributed by atoms with E-state index in [0.717, 1.165) is 42.3 Å². The average molecular weight is 379 g/mol. The zero-order valence-corrected chi connectivity index (χ0v) is 15.6. The van der Waals surface area contributed by atoms with Crippen LogP contribution in [0.4, 0.5) is 0 Å². The van der Waals surface area contributed by atoms with Crippen molar-refractivity contribution in [2.75, 3.05) is 7.11 Å². The first-order chi connectivity index (χ1) is 13.5. The van der Waals surface area contributed by atoms with Crippen molar-refractivity contribution in [3.05, 3.63) is 64.3 Å². The molecule has 6 heteroatoms. The number of hydrogen-bond acceptors (Lipinski definition) is 3. The zero-order valence-electron chi connectivity index (χ0n) is 15.6. The summed E-state index contributed by atoms with van der Waals surface area (Å²) in [5.74, 6) is -1.40.